The van der Waals surface area contributed by atoms with Gasteiger partial charge in [-0.05, 0) is 48.0 Å². The van der Waals surface area contributed by atoms with Gasteiger partial charge in [-0.3, -0.25) is 14.1 Å². The number of hydrogen-bond acceptors (Lipinski definition) is 8. The van der Waals surface area contributed by atoms with Gasteiger partial charge >= 0.3 is 6.18 Å². The molecule has 6 rings (SSSR count). The van der Waals surface area contributed by atoms with Crippen molar-refractivity contribution < 1.29 is 39.5 Å². The Labute approximate surface area is 271 Å². The fraction of sp³-hybridized carbons (Fsp3) is 0.129. The van der Waals surface area contributed by atoms with E-state index in [2.05, 4.69) is 15.3 Å². The molecule has 3 heterocycles. The maximum Gasteiger partial charge on any atom is 0.406 e. The fourth-order valence-corrected chi connectivity index (χ4v) is 6.92. The van der Waals surface area contributed by atoms with Gasteiger partial charge < -0.3 is 10.1 Å². The van der Waals surface area contributed by atoms with Crippen molar-refractivity contribution in [2.45, 2.75) is 24.2 Å². The summed E-state index contributed by atoms with van der Waals surface area (Å²) in [4.78, 5) is 20.8. The molecular weight excluding hydrogens is 684 g/mol. The van der Waals surface area contributed by atoms with Crippen LogP contribution in [0.1, 0.15) is 5.56 Å². The predicted molar refractivity (Wildman–Crippen MR) is 168 cm³/mol. The maximum atomic E-state index is 15.9. The smallest absolute Gasteiger partial charge is 0.406 e. The van der Waals surface area contributed by atoms with Gasteiger partial charge in [-0.25, -0.2) is 31.6 Å². The quantitative estimate of drug-likeness (QED) is 0.155. The molecule has 0 spiro atoms. The van der Waals surface area contributed by atoms with Crippen molar-refractivity contribution >= 4 is 54.0 Å². The summed E-state index contributed by atoms with van der Waals surface area (Å²) in [6.45, 7) is -1.60. The molecule has 0 aliphatic carbocycles. The normalized spacial score (nSPS) is 12.1. The Bertz CT molecular complexity index is 2360. The van der Waals surface area contributed by atoms with Crippen molar-refractivity contribution in [2.75, 3.05) is 17.1 Å². The van der Waals surface area contributed by atoms with Crippen LogP contribution in [0.2, 0.25) is 0 Å². The molecule has 17 heteroatoms. The zero-order chi connectivity index (χ0) is 34.4. The highest BCUT2D eigenvalue weighted by molar-refractivity contribution is 7.92. The van der Waals surface area contributed by atoms with Gasteiger partial charge in [0.2, 0.25) is 0 Å². The molecule has 9 nitrogen and oxygen atoms in total. The number of sulfonamides is 1. The lowest BCUT2D eigenvalue weighted by molar-refractivity contribution is -0.140. The number of nitrogens with one attached hydrogen (secondary N) is 2. The number of pyridine rings is 2. The zero-order valence-corrected chi connectivity index (χ0v) is 26.0. The van der Waals surface area contributed by atoms with E-state index in [1.807, 2.05) is 4.72 Å². The van der Waals surface area contributed by atoms with Crippen LogP contribution in [0, 0.1) is 17.5 Å². The molecule has 0 saturated heterocycles. The van der Waals surface area contributed by atoms with E-state index in [4.69, 9.17) is 4.74 Å². The lowest BCUT2D eigenvalue weighted by Gasteiger charge is -2.17. The molecule has 3 aromatic carbocycles. The Kier molecular flexibility index (Phi) is 8.51. The largest absolute Gasteiger partial charge is 0.497 e. The van der Waals surface area contributed by atoms with Crippen LogP contribution in [-0.4, -0.2) is 36.2 Å². The molecule has 0 atom stereocenters. The summed E-state index contributed by atoms with van der Waals surface area (Å²) in [6.07, 6.45) is -3.80. The summed E-state index contributed by atoms with van der Waals surface area (Å²) in [5, 5.41) is 2.88. The third-order valence-electron chi connectivity index (χ3n) is 7.25. The van der Waals surface area contributed by atoms with Crippen molar-refractivity contribution in [3.8, 4) is 16.9 Å². The van der Waals surface area contributed by atoms with E-state index in [-0.39, 0.29) is 33.5 Å². The van der Waals surface area contributed by atoms with Crippen LogP contribution in [0.4, 0.5) is 37.8 Å². The molecule has 0 bridgehead atoms. The number of alkyl halides is 3. The Balaban J connectivity index is 1.41. The molecule has 0 fully saturated rings. The minimum atomic E-state index is -4.92. The van der Waals surface area contributed by atoms with Gasteiger partial charge in [-0.2, -0.15) is 13.2 Å². The third-order valence-corrected chi connectivity index (χ3v) is 9.46. The number of halogens is 6. The van der Waals surface area contributed by atoms with Gasteiger partial charge in [-0.1, -0.05) is 12.1 Å². The van der Waals surface area contributed by atoms with Crippen LogP contribution < -0.4 is 20.3 Å². The van der Waals surface area contributed by atoms with Gasteiger partial charge in [0.05, 0.1) is 45.2 Å². The molecule has 0 saturated carbocycles. The number of methoxy groups -OCH3 is 1. The SMILES string of the molecule is COc1ccc(CNc2cc3c(cn2)cc(-c2c(F)ccc(NS(=O)(=O)c4ccc5ncsc5c4F)c2F)c(=O)n3CC(F)(F)F)cc1. The molecule has 0 aliphatic rings. The predicted octanol–water partition coefficient (Wildman–Crippen LogP) is 7.07. The summed E-state index contributed by atoms with van der Waals surface area (Å²) in [5.41, 5.74) is -2.19. The van der Waals surface area contributed by atoms with Crippen molar-refractivity contribution in [3.63, 3.8) is 0 Å². The Morgan fingerprint density at radius 3 is 2.42 bits per heavy atom. The van der Waals surface area contributed by atoms with E-state index in [0.717, 1.165) is 35.2 Å². The van der Waals surface area contributed by atoms with Crippen LogP contribution in [0.5, 0.6) is 5.75 Å². The average Bonchev–Trinajstić information content (AvgIpc) is 3.53. The van der Waals surface area contributed by atoms with E-state index < -0.39 is 67.5 Å². The van der Waals surface area contributed by atoms with Crippen molar-refractivity contribution in [1.82, 2.24) is 14.5 Å². The Morgan fingerprint density at radius 1 is 0.958 bits per heavy atom. The number of rotatable bonds is 9. The minimum absolute atomic E-state index is 0.0754. The van der Waals surface area contributed by atoms with E-state index in [1.54, 1.807) is 24.3 Å². The monoisotopic (exact) mass is 705 g/mol. The maximum absolute atomic E-state index is 15.9. The van der Waals surface area contributed by atoms with Gasteiger partial charge in [-0.15, -0.1) is 11.3 Å². The number of benzene rings is 3. The molecule has 0 amide bonds. The summed E-state index contributed by atoms with van der Waals surface area (Å²) in [7, 11) is -3.32. The Morgan fingerprint density at radius 2 is 1.71 bits per heavy atom. The van der Waals surface area contributed by atoms with E-state index >= 15 is 13.2 Å². The summed E-state index contributed by atoms with van der Waals surface area (Å²) in [6, 6.07) is 12.6. The van der Waals surface area contributed by atoms with Crippen LogP contribution in [0.25, 0.3) is 32.2 Å². The highest BCUT2D eigenvalue weighted by atomic mass is 32.2. The second-order valence-electron chi connectivity index (χ2n) is 10.4. The summed E-state index contributed by atoms with van der Waals surface area (Å²) in [5.74, 6) is -3.40. The first-order valence-electron chi connectivity index (χ1n) is 13.8. The first-order chi connectivity index (χ1) is 22.8. The van der Waals surface area contributed by atoms with Crippen molar-refractivity contribution in [2.24, 2.45) is 0 Å². The topological polar surface area (TPSA) is 115 Å². The van der Waals surface area contributed by atoms with Crippen LogP contribution in [0.3, 0.4) is 0 Å². The van der Waals surface area contributed by atoms with E-state index in [1.165, 1.54) is 24.8 Å². The molecule has 0 radical (unpaired) electrons. The molecule has 0 unspecified atom stereocenters. The second kappa shape index (κ2) is 12.5. The number of anilines is 2. The molecule has 2 N–H and O–H groups in total. The Hall–Kier alpha value is -5.16. The fourth-order valence-electron chi connectivity index (χ4n) is 4.98. The highest BCUT2D eigenvalue weighted by Crippen LogP contribution is 2.34. The molecule has 6 aromatic rings. The second-order valence-corrected chi connectivity index (χ2v) is 12.9. The van der Waals surface area contributed by atoms with E-state index in [9.17, 15) is 26.4 Å². The lowest BCUT2D eigenvalue weighted by atomic mass is 10.0. The first-order valence-corrected chi connectivity index (χ1v) is 16.1. The summed E-state index contributed by atoms with van der Waals surface area (Å²) < 4.78 is 121. The van der Waals surface area contributed by atoms with Crippen molar-refractivity contribution in [1.29, 1.82) is 0 Å². The van der Waals surface area contributed by atoms with Gasteiger partial charge in [0, 0.05) is 24.2 Å². The van der Waals surface area contributed by atoms with Gasteiger partial charge in [0.25, 0.3) is 15.6 Å². The molecule has 248 valence electrons. The number of nitrogens with zero attached hydrogens (tertiary/aromatic N) is 3. The summed E-state index contributed by atoms with van der Waals surface area (Å²) >= 11 is 0.834. The number of fused-ring (bicyclic) bond motifs is 2. The third kappa shape index (κ3) is 6.37. The van der Waals surface area contributed by atoms with Gasteiger partial charge in [0.1, 0.15) is 28.8 Å². The standard InChI is InChI=1S/C31H21F6N5O4S2/c1-46-18-4-2-16(3-5-18)12-38-25-11-23-17(13-39-25)10-19(30(43)42(23)14-31(35,36)37)26-20(32)6-7-21(27(26)33)41-48(44,45)24-9-8-22-29(28(24)34)47-15-40-22/h2-11,13,15,41H,12,14H2,1H3,(H,38,39). The molecule has 3 aromatic heterocycles. The highest BCUT2D eigenvalue weighted by Gasteiger charge is 2.31. The number of hydrogen-bond donors (Lipinski definition) is 2. The number of thiazole rings is 1. The number of ether oxygens (including phenoxy) is 1. The van der Waals surface area contributed by atoms with Gasteiger partial charge in [0.15, 0.2) is 11.6 Å². The molecular formula is C31H21F6N5O4S2. The lowest BCUT2D eigenvalue weighted by Crippen LogP contribution is -2.30. The molecule has 48 heavy (non-hydrogen) atoms. The number of aromatic nitrogens is 3. The van der Waals surface area contributed by atoms with E-state index in [0.29, 0.717) is 22.4 Å². The van der Waals surface area contributed by atoms with Crippen LogP contribution in [-0.2, 0) is 23.1 Å². The minimum Gasteiger partial charge on any atom is -0.497 e. The van der Waals surface area contributed by atoms with Crippen LogP contribution in [0.15, 0.2) is 82.1 Å². The van der Waals surface area contributed by atoms with Crippen LogP contribution >= 0.6 is 11.3 Å². The van der Waals surface area contributed by atoms with Crippen molar-refractivity contribution in [3.05, 3.63) is 106 Å². The molecule has 0 aliphatic heterocycles. The zero-order valence-electron chi connectivity index (χ0n) is 24.4. The average molecular weight is 706 g/mol. The first kappa shape index (κ1) is 32.8.